The van der Waals surface area contributed by atoms with E-state index in [2.05, 4.69) is 31.0 Å². The molecular weight excluding hydrogens is 358 g/mol. The quantitative estimate of drug-likeness (QED) is 0.814. The highest BCUT2D eigenvalue weighted by molar-refractivity contribution is 9.10. The fraction of sp³-hybridized carbons (Fsp3) is 0.308. The molecule has 2 aromatic rings. The van der Waals surface area contributed by atoms with Gasteiger partial charge in [-0.25, -0.2) is 4.98 Å². The molecule has 1 aliphatic rings. The molecule has 1 saturated carbocycles. The first-order valence-corrected chi connectivity index (χ1v) is 8.77. The Bertz CT molecular complexity index is 723. The highest BCUT2D eigenvalue weighted by atomic mass is 79.9. The maximum absolute atomic E-state index is 12.2. The molecule has 0 unspecified atom stereocenters. The standard InChI is InChI=1S/C13H14BrN3O3S/c14-9-1-5-12(16-7-9)17-21(18,19)13-6-4-11(20-13)8-15-10-2-3-10/h1,4-7,10,15H,2-3,8H2,(H,16,17). The summed E-state index contributed by atoms with van der Waals surface area (Å²) in [6.07, 6.45) is 3.86. The van der Waals surface area contributed by atoms with Crippen molar-refractivity contribution in [1.82, 2.24) is 10.3 Å². The molecule has 0 amide bonds. The molecule has 0 aliphatic heterocycles. The van der Waals surface area contributed by atoms with Gasteiger partial charge in [-0.1, -0.05) is 0 Å². The highest BCUT2D eigenvalue weighted by Gasteiger charge is 2.22. The molecule has 1 aliphatic carbocycles. The van der Waals surface area contributed by atoms with Crippen LogP contribution in [-0.2, 0) is 16.6 Å². The lowest BCUT2D eigenvalue weighted by atomic mass is 10.4. The fourth-order valence-corrected chi connectivity index (χ4v) is 2.95. The van der Waals surface area contributed by atoms with Crippen LogP contribution < -0.4 is 10.0 Å². The third-order valence-electron chi connectivity index (χ3n) is 3.01. The number of furan rings is 1. The van der Waals surface area contributed by atoms with Crippen LogP contribution in [0.1, 0.15) is 18.6 Å². The Morgan fingerprint density at radius 2 is 2.10 bits per heavy atom. The van der Waals surface area contributed by atoms with Crippen molar-refractivity contribution in [3.63, 3.8) is 0 Å². The van der Waals surface area contributed by atoms with Crippen LogP contribution in [-0.4, -0.2) is 19.4 Å². The van der Waals surface area contributed by atoms with Crippen LogP contribution in [0, 0.1) is 0 Å². The van der Waals surface area contributed by atoms with E-state index in [1.807, 2.05) is 0 Å². The van der Waals surface area contributed by atoms with Crippen molar-refractivity contribution in [2.24, 2.45) is 0 Å². The zero-order valence-electron chi connectivity index (χ0n) is 11.0. The van der Waals surface area contributed by atoms with E-state index in [4.69, 9.17) is 4.42 Å². The van der Waals surface area contributed by atoms with Crippen molar-refractivity contribution in [1.29, 1.82) is 0 Å². The third-order valence-corrected chi connectivity index (χ3v) is 4.71. The average molecular weight is 372 g/mol. The summed E-state index contributed by atoms with van der Waals surface area (Å²) >= 11 is 3.24. The number of aromatic nitrogens is 1. The van der Waals surface area contributed by atoms with Crippen molar-refractivity contribution < 1.29 is 12.8 Å². The molecule has 0 saturated heterocycles. The van der Waals surface area contributed by atoms with Crippen LogP contribution in [0.2, 0.25) is 0 Å². The molecule has 2 aromatic heterocycles. The number of rotatable bonds is 6. The van der Waals surface area contributed by atoms with Crippen LogP contribution in [0.4, 0.5) is 5.82 Å². The molecule has 112 valence electrons. The maximum Gasteiger partial charge on any atom is 0.296 e. The Morgan fingerprint density at radius 3 is 2.76 bits per heavy atom. The van der Waals surface area contributed by atoms with Gasteiger partial charge in [-0.05, 0) is 53.0 Å². The zero-order valence-corrected chi connectivity index (χ0v) is 13.4. The maximum atomic E-state index is 12.2. The summed E-state index contributed by atoms with van der Waals surface area (Å²) < 4.78 is 32.9. The van der Waals surface area contributed by atoms with E-state index in [1.165, 1.54) is 25.1 Å². The van der Waals surface area contributed by atoms with Gasteiger partial charge >= 0.3 is 0 Å². The second-order valence-electron chi connectivity index (χ2n) is 4.84. The number of pyridine rings is 1. The van der Waals surface area contributed by atoms with Gasteiger partial charge < -0.3 is 9.73 Å². The topological polar surface area (TPSA) is 84.2 Å². The molecule has 0 aromatic carbocycles. The molecular formula is C13H14BrN3O3S. The summed E-state index contributed by atoms with van der Waals surface area (Å²) in [7, 11) is -3.75. The van der Waals surface area contributed by atoms with Gasteiger partial charge in [0.15, 0.2) is 0 Å². The fourth-order valence-electron chi connectivity index (χ4n) is 1.75. The lowest BCUT2D eigenvalue weighted by molar-refractivity contribution is 0.403. The van der Waals surface area contributed by atoms with Crippen molar-refractivity contribution in [2.75, 3.05) is 4.72 Å². The second-order valence-corrected chi connectivity index (χ2v) is 7.37. The first-order valence-electron chi connectivity index (χ1n) is 6.49. The van der Waals surface area contributed by atoms with E-state index in [9.17, 15) is 8.42 Å². The zero-order chi connectivity index (χ0) is 14.9. The number of hydrogen-bond acceptors (Lipinski definition) is 5. The lowest BCUT2D eigenvalue weighted by Crippen LogP contribution is -2.15. The van der Waals surface area contributed by atoms with Crippen LogP contribution in [0.5, 0.6) is 0 Å². The Balaban J connectivity index is 1.69. The van der Waals surface area contributed by atoms with Crippen LogP contribution >= 0.6 is 15.9 Å². The minimum absolute atomic E-state index is 0.111. The molecule has 6 nitrogen and oxygen atoms in total. The Kier molecular flexibility index (Phi) is 4.01. The predicted octanol–water partition coefficient (Wildman–Crippen LogP) is 2.49. The Hall–Kier alpha value is -1.38. The number of sulfonamides is 1. The van der Waals surface area contributed by atoms with E-state index >= 15 is 0 Å². The predicted molar refractivity (Wildman–Crippen MR) is 81.3 cm³/mol. The molecule has 21 heavy (non-hydrogen) atoms. The molecule has 0 spiro atoms. The van der Waals surface area contributed by atoms with Crippen LogP contribution in [0.25, 0.3) is 0 Å². The lowest BCUT2D eigenvalue weighted by Gasteiger charge is -2.04. The van der Waals surface area contributed by atoms with Crippen molar-refractivity contribution in [2.45, 2.75) is 30.5 Å². The normalized spacial score (nSPS) is 15.1. The SMILES string of the molecule is O=S(=O)(Nc1ccc(Br)cn1)c1ccc(CNC2CC2)o1. The highest BCUT2D eigenvalue weighted by Crippen LogP contribution is 2.21. The summed E-state index contributed by atoms with van der Waals surface area (Å²) in [5.74, 6) is 0.846. The summed E-state index contributed by atoms with van der Waals surface area (Å²) in [5, 5.41) is 3.16. The van der Waals surface area contributed by atoms with Crippen molar-refractivity contribution >= 4 is 31.8 Å². The van der Waals surface area contributed by atoms with Crippen molar-refractivity contribution in [3.05, 3.63) is 40.7 Å². The molecule has 2 heterocycles. The van der Waals surface area contributed by atoms with E-state index in [-0.39, 0.29) is 10.9 Å². The van der Waals surface area contributed by atoms with Crippen LogP contribution in [0.15, 0.2) is 44.4 Å². The van der Waals surface area contributed by atoms with Gasteiger partial charge in [0, 0.05) is 16.7 Å². The molecule has 0 bridgehead atoms. The van der Waals surface area contributed by atoms with Crippen LogP contribution in [0.3, 0.4) is 0 Å². The first kappa shape index (κ1) is 14.6. The summed E-state index contributed by atoms with van der Waals surface area (Å²) in [4.78, 5) is 3.97. The van der Waals surface area contributed by atoms with Gasteiger partial charge in [-0.2, -0.15) is 8.42 Å². The van der Waals surface area contributed by atoms with Gasteiger partial charge in [0.1, 0.15) is 11.6 Å². The summed E-state index contributed by atoms with van der Waals surface area (Å²) in [5.41, 5.74) is 0. The molecule has 3 rings (SSSR count). The Morgan fingerprint density at radius 1 is 1.29 bits per heavy atom. The average Bonchev–Trinajstić information content (AvgIpc) is 3.15. The van der Waals surface area contributed by atoms with E-state index < -0.39 is 10.0 Å². The number of nitrogens with zero attached hydrogens (tertiary/aromatic N) is 1. The molecule has 1 fully saturated rings. The van der Waals surface area contributed by atoms with Gasteiger partial charge in [0.2, 0.25) is 5.09 Å². The van der Waals surface area contributed by atoms with E-state index in [0.717, 1.165) is 4.47 Å². The molecule has 8 heteroatoms. The van der Waals surface area contributed by atoms with Gasteiger partial charge in [0.05, 0.1) is 6.54 Å². The molecule has 2 N–H and O–H groups in total. The molecule has 0 atom stereocenters. The van der Waals surface area contributed by atoms with E-state index in [1.54, 1.807) is 18.2 Å². The number of halogens is 1. The van der Waals surface area contributed by atoms with E-state index in [0.29, 0.717) is 18.3 Å². The number of nitrogens with one attached hydrogen (secondary N) is 2. The van der Waals surface area contributed by atoms with Gasteiger partial charge in [-0.3, -0.25) is 4.72 Å². The summed E-state index contributed by atoms with van der Waals surface area (Å²) in [6, 6.07) is 6.93. The minimum atomic E-state index is -3.75. The first-order chi connectivity index (χ1) is 10.0. The monoisotopic (exact) mass is 371 g/mol. The summed E-state index contributed by atoms with van der Waals surface area (Å²) in [6.45, 7) is 0.538. The van der Waals surface area contributed by atoms with Gasteiger partial charge in [0.25, 0.3) is 10.0 Å². The Labute approximate surface area is 131 Å². The minimum Gasteiger partial charge on any atom is -0.446 e. The smallest absolute Gasteiger partial charge is 0.296 e. The third kappa shape index (κ3) is 3.84. The van der Waals surface area contributed by atoms with Crippen molar-refractivity contribution in [3.8, 4) is 0 Å². The number of anilines is 1. The molecule has 0 radical (unpaired) electrons. The second kappa shape index (κ2) is 5.78. The number of hydrogen-bond donors (Lipinski definition) is 2. The largest absolute Gasteiger partial charge is 0.446 e. The van der Waals surface area contributed by atoms with Gasteiger partial charge in [-0.15, -0.1) is 0 Å².